The second-order valence-electron chi connectivity index (χ2n) is 5.03. The number of halogens is 1. The van der Waals surface area contributed by atoms with E-state index in [2.05, 4.69) is 15.5 Å². The van der Waals surface area contributed by atoms with Crippen molar-refractivity contribution in [2.75, 3.05) is 7.05 Å². The van der Waals surface area contributed by atoms with Crippen molar-refractivity contribution in [3.63, 3.8) is 0 Å². The van der Waals surface area contributed by atoms with Crippen molar-refractivity contribution in [3.05, 3.63) is 5.82 Å². The van der Waals surface area contributed by atoms with Gasteiger partial charge in [0.1, 0.15) is 0 Å². The topological polar surface area (TPSA) is 89.9 Å². The van der Waals surface area contributed by atoms with Crippen LogP contribution < -0.4 is 5.73 Å². The molecule has 0 radical (unpaired) electrons. The van der Waals surface area contributed by atoms with E-state index in [0.29, 0.717) is 24.7 Å². The van der Waals surface area contributed by atoms with E-state index < -0.39 is 0 Å². The highest BCUT2D eigenvalue weighted by molar-refractivity contribution is 5.85. The predicted molar refractivity (Wildman–Crippen MR) is 72.5 cm³/mol. The number of nitrogens with zero attached hydrogens (tertiary/aromatic N) is 5. The van der Waals surface area contributed by atoms with Gasteiger partial charge >= 0.3 is 0 Å². The molecule has 1 aromatic rings. The molecule has 0 bridgehead atoms. The molecule has 0 aromatic carbocycles. The SMILES string of the molecule is CN(Cc1nnnn1C)C(=O)C[C@@H]1CCC[C@H]1N.Cl. The maximum atomic E-state index is 12.1. The van der Waals surface area contributed by atoms with Crippen LogP contribution in [0.2, 0.25) is 0 Å². The van der Waals surface area contributed by atoms with Gasteiger partial charge in [-0.15, -0.1) is 17.5 Å². The Morgan fingerprint density at radius 3 is 2.79 bits per heavy atom. The summed E-state index contributed by atoms with van der Waals surface area (Å²) in [5, 5.41) is 11.2. The lowest BCUT2D eigenvalue weighted by molar-refractivity contribution is -0.131. The van der Waals surface area contributed by atoms with E-state index in [1.807, 2.05) is 0 Å². The smallest absolute Gasteiger partial charge is 0.223 e. The van der Waals surface area contributed by atoms with Crippen LogP contribution in [0, 0.1) is 5.92 Å². The van der Waals surface area contributed by atoms with Gasteiger partial charge in [0.25, 0.3) is 0 Å². The number of nitrogens with two attached hydrogens (primary N) is 1. The van der Waals surface area contributed by atoms with E-state index in [0.717, 1.165) is 19.3 Å². The Labute approximate surface area is 118 Å². The molecule has 0 saturated heterocycles. The number of carbonyl (C=O) groups excluding carboxylic acids is 1. The number of hydrogen-bond acceptors (Lipinski definition) is 5. The molecular formula is C11H21ClN6O. The molecular weight excluding hydrogens is 268 g/mol. The van der Waals surface area contributed by atoms with Gasteiger partial charge in [-0.05, 0) is 29.2 Å². The first-order valence-corrected chi connectivity index (χ1v) is 6.28. The van der Waals surface area contributed by atoms with E-state index >= 15 is 0 Å². The highest BCUT2D eigenvalue weighted by atomic mass is 35.5. The van der Waals surface area contributed by atoms with Crippen LogP contribution in [-0.2, 0) is 18.4 Å². The van der Waals surface area contributed by atoms with Crippen molar-refractivity contribution < 1.29 is 4.79 Å². The fourth-order valence-electron chi connectivity index (χ4n) is 2.38. The van der Waals surface area contributed by atoms with Crippen LogP contribution in [0.25, 0.3) is 0 Å². The highest BCUT2D eigenvalue weighted by Crippen LogP contribution is 2.27. The monoisotopic (exact) mass is 288 g/mol. The van der Waals surface area contributed by atoms with Crippen LogP contribution in [-0.4, -0.2) is 44.1 Å². The highest BCUT2D eigenvalue weighted by Gasteiger charge is 2.27. The molecule has 1 saturated carbocycles. The molecule has 1 aromatic heterocycles. The number of tetrazole rings is 1. The van der Waals surface area contributed by atoms with Crippen molar-refractivity contribution in [1.82, 2.24) is 25.1 Å². The Hall–Kier alpha value is -1.21. The maximum absolute atomic E-state index is 12.1. The first kappa shape index (κ1) is 15.8. The lowest BCUT2D eigenvalue weighted by Crippen LogP contribution is -2.33. The largest absolute Gasteiger partial charge is 0.338 e. The van der Waals surface area contributed by atoms with Gasteiger partial charge in [0, 0.05) is 26.6 Å². The van der Waals surface area contributed by atoms with Gasteiger partial charge in [0.05, 0.1) is 6.54 Å². The minimum atomic E-state index is 0. The number of amides is 1. The molecule has 108 valence electrons. The van der Waals surface area contributed by atoms with Crippen LogP contribution >= 0.6 is 12.4 Å². The normalized spacial score (nSPS) is 22.1. The summed E-state index contributed by atoms with van der Waals surface area (Å²) in [6.07, 6.45) is 3.76. The molecule has 1 aliphatic carbocycles. The zero-order valence-corrected chi connectivity index (χ0v) is 12.1. The van der Waals surface area contributed by atoms with Crippen LogP contribution in [0.15, 0.2) is 0 Å². The summed E-state index contributed by atoms with van der Waals surface area (Å²) in [5.74, 6) is 1.12. The first-order chi connectivity index (χ1) is 8.58. The Morgan fingerprint density at radius 2 is 2.26 bits per heavy atom. The summed E-state index contributed by atoms with van der Waals surface area (Å²) < 4.78 is 1.57. The Balaban J connectivity index is 0.00000180. The van der Waals surface area contributed by atoms with Gasteiger partial charge in [-0.1, -0.05) is 6.42 Å². The average molecular weight is 289 g/mol. The summed E-state index contributed by atoms with van der Waals surface area (Å²) in [6.45, 7) is 0.435. The standard InChI is InChI=1S/C11H20N6O.ClH/c1-16(7-10-13-14-15-17(10)2)11(18)6-8-4-3-5-9(8)12;/h8-9H,3-7,12H2,1-2H3;1H/t8-,9+;/m0./s1. The third kappa shape index (κ3) is 3.87. The number of hydrogen-bond donors (Lipinski definition) is 1. The number of carbonyl (C=O) groups is 1. The van der Waals surface area contributed by atoms with Crippen LogP contribution in [0.4, 0.5) is 0 Å². The van der Waals surface area contributed by atoms with Gasteiger partial charge in [0.2, 0.25) is 5.91 Å². The molecule has 8 heteroatoms. The molecule has 2 rings (SSSR count). The molecule has 2 N–H and O–H groups in total. The molecule has 1 heterocycles. The minimum Gasteiger partial charge on any atom is -0.338 e. The summed E-state index contributed by atoms with van der Waals surface area (Å²) in [5.41, 5.74) is 5.98. The van der Waals surface area contributed by atoms with Crippen molar-refractivity contribution in [3.8, 4) is 0 Å². The molecule has 0 aliphatic heterocycles. The van der Waals surface area contributed by atoms with Gasteiger partial charge in [0.15, 0.2) is 5.82 Å². The zero-order chi connectivity index (χ0) is 13.1. The number of aryl methyl sites for hydroxylation is 1. The third-order valence-corrected chi connectivity index (χ3v) is 3.67. The van der Waals surface area contributed by atoms with E-state index in [1.54, 1.807) is 23.7 Å². The quantitative estimate of drug-likeness (QED) is 0.849. The van der Waals surface area contributed by atoms with Crippen molar-refractivity contribution in [2.24, 2.45) is 18.7 Å². The molecule has 0 spiro atoms. The van der Waals surface area contributed by atoms with E-state index in [-0.39, 0.29) is 24.4 Å². The van der Waals surface area contributed by atoms with Crippen molar-refractivity contribution >= 4 is 18.3 Å². The molecule has 7 nitrogen and oxygen atoms in total. The summed E-state index contributed by atoms with van der Waals surface area (Å²) in [6, 6.07) is 0.179. The fraction of sp³-hybridized carbons (Fsp3) is 0.818. The van der Waals surface area contributed by atoms with Crippen molar-refractivity contribution in [2.45, 2.75) is 38.3 Å². The Kier molecular flexibility index (Phi) is 5.68. The van der Waals surface area contributed by atoms with Gasteiger partial charge in [-0.2, -0.15) is 0 Å². The van der Waals surface area contributed by atoms with E-state index in [4.69, 9.17) is 5.73 Å². The molecule has 2 atom stereocenters. The van der Waals surface area contributed by atoms with Crippen molar-refractivity contribution in [1.29, 1.82) is 0 Å². The predicted octanol–water partition coefficient (Wildman–Crippen LogP) is 0.108. The maximum Gasteiger partial charge on any atom is 0.223 e. The minimum absolute atomic E-state index is 0. The lowest BCUT2D eigenvalue weighted by atomic mass is 9.99. The number of aromatic nitrogens is 4. The third-order valence-electron chi connectivity index (χ3n) is 3.67. The van der Waals surface area contributed by atoms with E-state index in [1.165, 1.54) is 0 Å². The second-order valence-corrected chi connectivity index (χ2v) is 5.03. The Morgan fingerprint density at radius 1 is 1.53 bits per heavy atom. The second kappa shape index (κ2) is 6.81. The molecule has 1 aliphatic rings. The van der Waals surface area contributed by atoms with Gasteiger partial charge < -0.3 is 10.6 Å². The molecule has 0 unspecified atom stereocenters. The Bertz CT molecular complexity index is 423. The summed E-state index contributed by atoms with van der Waals surface area (Å²) >= 11 is 0. The molecule has 1 amide bonds. The first-order valence-electron chi connectivity index (χ1n) is 6.28. The summed E-state index contributed by atoms with van der Waals surface area (Å²) in [4.78, 5) is 13.7. The number of rotatable bonds is 4. The summed E-state index contributed by atoms with van der Waals surface area (Å²) in [7, 11) is 3.54. The van der Waals surface area contributed by atoms with Crippen LogP contribution in [0.3, 0.4) is 0 Å². The molecule has 1 fully saturated rings. The zero-order valence-electron chi connectivity index (χ0n) is 11.3. The van der Waals surface area contributed by atoms with Crippen LogP contribution in [0.5, 0.6) is 0 Å². The lowest BCUT2D eigenvalue weighted by Gasteiger charge is -2.20. The van der Waals surface area contributed by atoms with Crippen LogP contribution in [0.1, 0.15) is 31.5 Å². The molecule has 19 heavy (non-hydrogen) atoms. The van der Waals surface area contributed by atoms with Gasteiger partial charge in [-0.3, -0.25) is 4.79 Å². The van der Waals surface area contributed by atoms with Gasteiger partial charge in [-0.25, -0.2) is 4.68 Å². The fourth-order valence-corrected chi connectivity index (χ4v) is 2.38. The van der Waals surface area contributed by atoms with E-state index in [9.17, 15) is 4.79 Å². The average Bonchev–Trinajstić information content (AvgIpc) is 2.90.